The van der Waals surface area contributed by atoms with Crippen LogP contribution < -0.4 is 0 Å². The molecule has 0 amide bonds. The Morgan fingerprint density at radius 3 is 1.83 bits per heavy atom. The van der Waals surface area contributed by atoms with E-state index in [4.69, 9.17) is 29.5 Å². The molecule has 0 saturated carbocycles. The number of hydrogen-bond acceptors (Lipinski definition) is 7. The monoisotopic (exact) mass is 268 g/mol. The van der Waals surface area contributed by atoms with Crippen LogP contribution in [-0.4, -0.2) is 85.5 Å². The topological polar surface area (TPSA) is 109 Å². The summed E-state index contributed by atoms with van der Waals surface area (Å²) in [6, 6.07) is 0. The third-order valence-corrected chi connectivity index (χ3v) is 2.04. The van der Waals surface area contributed by atoms with E-state index in [1.54, 1.807) is 0 Å². The SMILES string of the molecule is OCCOCCOCCOCC(O)CC(O)CO. The van der Waals surface area contributed by atoms with Crippen LogP contribution in [0.4, 0.5) is 0 Å². The highest BCUT2D eigenvalue weighted by atomic mass is 16.5. The minimum Gasteiger partial charge on any atom is -0.394 e. The Bertz CT molecular complexity index is 167. The number of rotatable bonds is 13. The van der Waals surface area contributed by atoms with Gasteiger partial charge in [-0.05, 0) is 0 Å². The Morgan fingerprint density at radius 1 is 0.722 bits per heavy atom. The van der Waals surface area contributed by atoms with E-state index >= 15 is 0 Å². The average molecular weight is 268 g/mol. The van der Waals surface area contributed by atoms with Crippen LogP contribution in [0, 0.1) is 0 Å². The summed E-state index contributed by atoms with van der Waals surface area (Å²) in [5.41, 5.74) is 0. The van der Waals surface area contributed by atoms with Crippen LogP contribution in [0.5, 0.6) is 0 Å². The second-order valence-electron chi connectivity index (χ2n) is 3.75. The first kappa shape index (κ1) is 17.7. The zero-order valence-electron chi connectivity index (χ0n) is 10.5. The molecule has 2 atom stereocenters. The molecule has 0 bridgehead atoms. The molecule has 18 heavy (non-hydrogen) atoms. The summed E-state index contributed by atoms with van der Waals surface area (Å²) in [5.74, 6) is 0. The first-order valence-electron chi connectivity index (χ1n) is 6.01. The minimum absolute atomic E-state index is 0.000685. The third kappa shape index (κ3) is 12.2. The van der Waals surface area contributed by atoms with Gasteiger partial charge in [0.15, 0.2) is 0 Å². The van der Waals surface area contributed by atoms with E-state index in [2.05, 4.69) is 0 Å². The van der Waals surface area contributed by atoms with Crippen molar-refractivity contribution < 1.29 is 34.6 Å². The summed E-state index contributed by atoms with van der Waals surface area (Å²) < 4.78 is 15.3. The van der Waals surface area contributed by atoms with Gasteiger partial charge < -0.3 is 34.6 Å². The fourth-order valence-electron chi connectivity index (χ4n) is 1.18. The van der Waals surface area contributed by atoms with Gasteiger partial charge >= 0.3 is 0 Å². The molecule has 0 aliphatic carbocycles. The molecular weight excluding hydrogens is 244 g/mol. The molecule has 0 spiro atoms. The van der Waals surface area contributed by atoms with Gasteiger partial charge in [0.1, 0.15) is 0 Å². The first-order valence-corrected chi connectivity index (χ1v) is 6.01. The highest BCUT2D eigenvalue weighted by Crippen LogP contribution is 1.98. The normalized spacial score (nSPS) is 14.7. The maximum absolute atomic E-state index is 9.37. The van der Waals surface area contributed by atoms with E-state index in [1.807, 2.05) is 0 Å². The van der Waals surface area contributed by atoms with Gasteiger partial charge in [-0.3, -0.25) is 0 Å². The van der Waals surface area contributed by atoms with Crippen molar-refractivity contribution in [3.05, 3.63) is 0 Å². The predicted octanol–water partition coefficient (Wildman–Crippen LogP) is -1.87. The number of hydrogen-bond donors (Lipinski definition) is 4. The third-order valence-electron chi connectivity index (χ3n) is 2.04. The lowest BCUT2D eigenvalue weighted by Gasteiger charge is -2.14. The van der Waals surface area contributed by atoms with Crippen molar-refractivity contribution in [3.63, 3.8) is 0 Å². The van der Waals surface area contributed by atoms with Crippen molar-refractivity contribution in [1.82, 2.24) is 0 Å². The van der Waals surface area contributed by atoms with Gasteiger partial charge in [0.05, 0.1) is 65.1 Å². The van der Waals surface area contributed by atoms with E-state index in [9.17, 15) is 5.11 Å². The molecular formula is C11H24O7. The van der Waals surface area contributed by atoms with Crippen LogP contribution in [0.1, 0.15) is 6.42 Å². The summed E-state index contributed by atoms with van der Waals surface area (Å²) in [7, 11) is 0. The Balaban J connectivity index is 3.15. The number of aliphatic hydroxyl groups excluding tert-OH is 4. The van der Waals surface area contributed by atoms with E-state index in [1.165, 1.54) is 0 Å². The smallest absolute Gasteiger partial charge is 0.0799 e. The fourth-order valence-corrected chi connectivity index (χ4v) is 1.18. The van der Waals surface area contributed by atoms with Crippen molar-refractivity contribution in [3.8, 4) is 0 Å². The highest BCUT2D eigenvalue weighted by molar-refractivity contribution is 4.61. The van der Waals surface area contributed by atoms with Crippen molar-refractivity contribution in [2.75, 3.05) is 52.9 Å². The first-order chi connectivity index (χ1) is 8.70. The van der Waals surface area contributed by atoms with Gasteiger partial charge in [0.2, 0.25) is 0 Å². The van der Waals surface area contributed by atoms with Gasteiger partial charge in [0, 0.05) is 6.42 Å². The van der Waals surface area contributed by atoms with Gasteiger partial charge in [-0.1, -0.05) is 0 Å². The molecule has 0 fully saturated rings. The molecule has 0 aromatic rings. The number of aliphatic hydroxyl groups is 4. The van der Waals surface area contributed by atoms with Crippen LogP contribution in [0.25, 0.3) is 0 Å². The Kier molecular flexibility index (Phi) is 13.0. The quantitative estimate of drug-likeness (QED) is 0.290. The summed E-state index contributed by atoms with van der Waals surface area (Å²) in [5, 5.41) is 35.4. The molecule has 0 heterocycles. The van der Waals surface area contributed by atoms with Crippen LogP contribution in [0.2, 0.25) is 0 Å². The van der Waals surface area contributed by atoms with Crippen molar-refractivity contribution in [1.29, 1.82) is 0 Å². The molecule has 0 rings (SSSR count). The lowest BCUT2D eigenvalue weighted by Crippen LogP contribution is -2.25. The lowest BCUT2D eigenvalue weighted by molar-refractivity contribution is -0.0284. The number of ether oxygens (including phenoxy) is 3. The predicted molar refractivity (Wildman–Crippen MR) is 63.3 cm³/mol. The molecule has 0 aliphatic heterocycles. The molecule has 110 valence electrons. The molecule has 0 saturated heterocycles. The Morgan fingerprint density at radius 2 is 1.28 bits per heavy atom. The fraction of sp³-hybridized carbons (Fsp3) is 1.00. The van der Waals surface area contributed by atoms with Crippen LogP contribution in [0.15, 0.2) is 0 Å². The van der Waals surface area contributed by atoms with Crippen LogP contribution in [-0.2, 0) is 14.2 Å². The average Bonchev–Trinajstić information content (AvgIpc) is 2.36. The van der Waals surface area contributed by atoms with E-state index in [0.717, 1.165) is 0 Å². The highest BCUT2D eigenvalue weighted by Gasteiger charge is 2.10. The lowest BCUT2D eigenvalue weighted by atomic mass is 10.2. The molecule has 0 aromatic carbocycles. The second-order valence-corrected chi connectivity index (χ2v) is 3.75. The van der Waals surface area contributed by atoms with Crippen molar-refractivity contribution >= 4 is 0 Å². The standard InChI is InChI=1S/C11H24O7/c12-1-2-16-3-4-17-5-6-18-9-11(15)7-10(14)8-13/h10-15H,1-9H2. The molecule has 7 heteroatoms. The summed E-state index contributed by atoms with van der Waals surface area (Å²) in [6.07, 6.45) is -1.62. The van der Waals surface area contributed by atoms with Gasteiger partial charge in [0.25, 0.3) is 0 Å². The molecule has 0 aromatic heterocycles. The molecule has 2 unspecified atom stereocenters. The van der Waals surface area contributed by atoms with E-state index < -0.39 is 12.2 Å². The van der Waals surface area contributed by atoms with Gasteiger partial charge in [-0.15, -0.1) is 0 Å². The molecule has 4 N–H and O–H groups in total. The molecule has 0 radical (unpaired) electrons. The van der Waals surface area contributed by atoms with Crippen LogP contribution in [0.3, 0.4) is 0 Å². The van der Waals surface area contributed by atoms with E-state index in [0.29, 0.717) is 33.0 Å². The van der Waals surface area contributed by atoms with Crippen molar-refractivity contribution in [2.24, 2.45) is 0 Å². The second kappa shape index (κ2) is 13.2. The zero-order valence-corrected chi connectivity index (χ0v) is 10.5. The minimum atomic E-state index is -0.913. The maximum atomic E-state index is 9.37. The van der Waals surface area contributed by atoms with Crippen molar-refractivity contribution in [2.45, 2.75) is 18.6 Å². The summed E-state index contributed by atoms with van der Waals surface area (Å²) in [4.78, 5) is 0. The molecule has 0 aliphatic rings. The van der Waals surface area contributed by atoms with E-state index in [-0.39, 0.29) is 26.2 Å². The largest absolute Gasteiger partial charge is 0.394 e. The molecule has 7 nitrogen and oxygen atoms in total. The van der Waals surface area contributed by atoms with Gasteiger partial charge in [-0.2, -0.15) is 0 Å². The maximum Gasteiger partial charge on any atom is 0.0799 e. The van der Waals surface area contributed by atoms with Gasteiger partial charge in [-0.25, -0.2) is 0 Å². The summed E-state index contributed by atoms with van der Waals surface area (Å²) >= 11 is 0. The van der Waals surface area contributed by atoms with Crippen LogP contribution >= 0.6 is 0 Å². The zero-order chi connectivity index (χ0) is 13.6. The Labute approximate surface area is 107 Å². The summed E-state index contributed by atoms with van der Waals surface area (Å²) in [6.45, 7) is 1.61. The Hall–Kier alpha value is -0.280.